The fourth-order valence-electron chi connectivity index (χ4n) is 4.45. The van der Waals surface area contributed by atoms with Crippen LogP contribution in [0.2, 0.25) is 0 Å². The van der Waals surface area contributed by atoms with Crippen LogP contribution in [-0.2, 0) is 4.84 Å². The van der Waals surface area contributed by atoms with Gasteiger partial charge >= 0.3 is 0 Å². The van der Waals surface area contributed by atoms with Crippen molar-refractivity contribution in [2.24, 2.45) is 5.16 Å². The molecule has 0 spiro atoms. The summed E-state index contributed by atoms with van der Waals surface area (Å²) >= 11 is 0. The lowest BCUT2D eigenvalue weighted by Gasteiger charge is -2.14. The van der Waals surface area contributed by atoms with Crippen LogP contribution in [0.4, 0.5) is 40.4 Å². The van der Waals surface area contributed by atoms with E-state index in [0.29, 0.717) is 23.3 Å². The maximum Gasteiger partial charge on any atom is 0.196 e. The molecule has 10 nitrogen and oxygen atoms in total. The Labute approximate surface area is 301 Å². The summed E-state index contributed by atoms with van der Waals surface area (Å²) in [6.45, 7) is 14.9. The largest absolute Gasteiger partial charge is 0.394 e. The number of anilines is 4. The number of hydrogen-bond acceptors (Lipinski definition) is 9. The molecule has 5 N–H and O–H groups in total. The number of carbonyl (C=O) groups is 1. The SMILES string of the molecule is CC.CCC.Cc1ccc(Nc2c(/C=N/OC[C@@H](O)CO)cc(F)c(F)c2F)c(C)c1.Cc1cnc(Nc2c(C=O)cc3[nH]cnc3c2F)c(C)c1. The van der Waals surface area contributed by atoms with Crippen LogP contribution in [0, 0.1) is 51.0 Å². The van der Waals surface area contributed by atoms with Crippen molar-refractivity contribution in [3.8, 4) is 0 Å². The first kappa shape index (κ1) is 42.8. The van der Waals surface area contributed by atoms with Crippen LogP contribution in [-0.4, -0.2) is 57.0 Å². The molecule has 2 aromatic heterocycles. The van der Waals surface area contributed by atoms with Gasteiger partial charge in [0.1, 0.15) is 24.0 Å². The van der Waals surface area contributed by atoms with Crippen molar-refractivity contribution < 1.29 is 37.4 Å². The molecular weight excluding hydrogens is 680 g/mol. The normalized spacial score (nSPS) is 11.0. The summed E-state index contributed by atoms with van der Waals surface area (Å²) < 4.78 is 56.0. The fraction of sp³-hybridized carbons (Fsp3) is 0.316. The maximum atomic E-state index is 14.5. The van der Waals surface area contributed by atoms with Crippen molar-refractivity contribution in [1.29, 1.82) is 0 Å². The van der Waals surface area contributed by atoms with E-state index in [-0.39, 0.29) is 34.6 Å². The lowest BCUT2D eigenvalue weighted by molar-refractivity contribution is 0.00884. The number of aliphatic hydroxyl groups is 2. The summed E-state index contributed by atoms with van der Waals surface area (Å²) in [5, 5.41) is 27.0. The molecule has 5 aromatic rings. The van der Waals surface area contributed by atoms with Gasteiger partial charge in [0.2, 0.25) is 0 Å². The first-order valence-electron chi connectivity index (χ1n) is 16.6. The lowest BCUT2D eigenvalue weighted by atomic mass is 10.1. The van der Waals surface area contributed by atoms with Crippen LogP contribution in [0.3, 0.4) is 0 Å². The number of aryl methyl sites for hydroxylation is 4. The number of aromatic amines is 1. The molecule has 0 aliphatic rings. The summed E-state index contributed by atoms with van der Waals surface area (Å²) in [5.74, 6) is -4.42. The quantitative estimate of drug-likeness (QED) is 0.0316. The Morgan fingerprint density at radius 2 is 1.54 bits per heavy atom. The zero-order valence-electron chi connectivity index (χ0n) is 30.5. The third-order valence-corrected chi connectivity index (χ3v) is 6.85. The van der Waals surface area contributed by atoms with Crippen LogP contribution in [0.25, 0.3) is 11.0 Å². The van der Waals surface area contributed by atoms with Gasteiger partial charge in [-0.25, -0.2) is 27.5 Å². The van der Waals surface area contributed by atoms with E-state index in [2.05, 4.69) is 44.6 Å². The van der Waals surface area contributed by atoms with Gasteiger partial charge < -0.3 is 30.7 Å². The van der Waals surface area contributed by atoms with E-state index in [9.17, 15) is 22.4 Å². The van der Waals surface area contributed by atoms with E-state index in [0.717, 1.165) is 34.5 Å². The van der Waals surface area contributed by atoms with E-state index in [1.807, 2.05) is 46.8 Å². The molecule has 0 aliphatic carbocycles. The standard InChI is InChI=1S/C18H19F3N2O3.C15H13FN4O.C3H8.C2H6/c1-10-3-4-15(11(2)5-10)23-18-12(6-14(19)16(20)17(18)21)7-22-26-9-13(25)8-24;1-8-3-9(2)15(17-5-8)20-13-10(6-21)4-11-14(12(13)16)19-7-18-11;1-3-2;1-2/h3-7,13,23-25H,8-9H2,1-2H3;3-7H,1-2H3,(H,17,20)(H,18,19);3H2,1-2H3;1-2H3/b22-7+;;;/t13-;;;/m0.../s1. The number of fused-ring (bicyclic) bond motifs is 1. The van der Waals surface area contributed by atoms with Gasteiger partial charge in [-0.3, -0.25) is 4.79 Å². The minimum Gasteiger partial charge on any atom is -0.394 e. The van der Waals surface area contributed by atoms with Gasteiger partial charge in [-0.05, 0) is 62.6 Å². The van der Waals surface area contributed by atoms with E-state index < -0.39 is 36.0 Å². The van der Waals surface area contributed by atoms with Gasteiger partial charge in [-0.1, -0.05) is 63.0 Å². The Balaban J connectivity index is 0.000000325. The Morgan fingerprint density at radius 3 is 2.15 bits per heavy atom. The average Bonchev–Trinajstić information content (AvgIpc) is 3.60. The lowest BCUT2D eigenvalue weighted by Crippen LogP contribution is -2.17. The number of H-pyrrole nitrogens is 1. The first-order valence-corrected chi connectivity index (χ1v) is 16.6. The number of carbonyl (C=O) groups excluding carboxylic acids is 1. The highest BCUT2D eigenvalue weighted by Crippen LogP contribution is 2.30. The van der Waals surface area contributed by atoms with Gasteiger partial charge in [0.05, 0.1) is 36.0 Å². The second-order valence-corrected chi connectivity index (χ2v) is 11.3. The van der Waals surface area contributed by atoms with E-state index >= 15 is 0 Å². The average molecular weight is 727 g/mol. The number of halogens is 4. The number of imidazole rings is 1. The molecule has 0 aliphatic heterocycles. The molecule has 3 aromatic carbocycles. The second kappa shape index (κ2) is 21.1. The number of aldehydes is 1. The zero-order valence-corrected chi connectivity index (χ0v) is 30.5. The van der Waals surface area contributed by atoms with Gasteiger partial charge in [-0.15, -0.1) is 0 Å². The van der Waals surface area contributed by atoms with Gasteiger partial charge in [-0.2, -0.15) is 0 Å². The highest BCUT2D eigenvalue weighted by atomic mass is 19.2. The Bertz CT molecular complexity index is 1950. The highest BCUT2D eigenvalue weighted by Gasteiger charge is 2.19. The Morgan fingerprint density at radius 1 is 0.885 bits per heavy atom. The number of aromatic nitrogens is 3. The van der Waals surface area contributed by atoms with E-state index in [1.165, 1.54) is 12.7 Å². The molecule has 0 saturated carbocycles. The number of nitrogens with one attached hydrogen (secondary N) is 3. The first-order chi connectivity index (χ1) is 24.8. The molecule has 14 heteroatoms. The van der Waals surface area contributed by atoms with Crippen molar-refractivity contribution in [3.05, 3.63) is 106 Å². The third-order valence-electron chi connectivity index (χ3n) is 6.85. The summed E-state index contributed by atoms with van der Waals surface area (Å²) in [4.78, 5) is 26.9. The monoisotopic (exact) mass is 726 g/mol. The minimum absolute atomic E-state index is 0.0835. The fourth-order valence-corrected chi connectivity index (χ4v) is 4.45. The van der Waals surface area contributed by atoms with E-state index in [4.69, 9.17) is 15.1 Å². The molecule has 2 heterocycles. The molecule has 1 atom stereocenters. The summed E-state index contributed by atoms with van der Waals surface area (Å²) in [6, 6.07) is 9.61. The predicted octanol–water partition coefficient (Wildman–Crippen LogP) is 8.88. The minimum atomic E-state index is -1.61. The molecule has 0 radical (unpaired) electrons. The highest BCUT2D eigenvalue weighted by molar-refractivity contribution is 5.94. The summed E-state index contributed by atoms with van der Waals surface area (Å²) in [5.41, 5.74) is 4.77. The number of pyridine rings is 1. The van der Waals surface area contributed by atoms with Crippen LogP contribution in [0.15, 0.2) is 54.1 Å². The Kier molecular flexibility index (Phi) is 17.4. The molecule has 5 rings (SSSR count). The predicted molar refractivity (Wildman–Crippen MR) is 198 cm³/mol. The number of nitrogens with zero attached hydrogens (tertiary/aromatic N) is 3. The summed E-state index contributed by atoms with van der Waals surface area (Å²) in [6.07, 6.45) is 4.78. The molecule has 0 unspecified atom stereocenters. The van der Waals surface area contributed by atoms with Crippen LogP contribution >= 0.6 is 0 Å². The topological polar surface area (TPSA) is 145 Å². The number of benzene rings is 3. The van der Waals surface area contributed by atoms with Crippen molar-refractivity contribution >= 4 is 46.4 Å². The molecule has 280 valence electrons. The summed E-state index contributed by atoms with van der Waals surface area (Å²) in [7, 11) is 0. The van der Waals surface area contributed by atoms with Crippen molar-refractivity contribution in [2.45, 2.75) is 67.9 Å². The number of hydrogen-bond donors (Lipinski definition) is 5. The molecule has 0 amide bonds. The van der Waals surface area contributed by atoms with Crippen LogP contribution < -0.4 is 10.6 Å². The van der Waals surface area contributed by atoms with Gasteiger partial charge in [0.25, 0.3) is 0 Å². The number of oxime groups is 1. The molecule has 52 heavy (non-hydrogen) atoms. The molecular formula is C38H46F4N6O4. The van der Waals surface area contributed by atoms with Crippen molar-refractivity contribution in [2.75, 3.05) is 23.8 Å². The molecule has 0 saturated heterocycles. The third kappa shape index (κ3) is 11.6. The van der Waals surface area contributed by atoms with Crippen molar-refractivity contribution in [1.82, 2.24) is 15.0 Å². The number of aliphatic hydroxyl groups excluding tert-OH is 2. The van der Waals surface area contributed by atoms with Crippen LogP contribution in [0.1, 0.15) is 72.3 Å². The van der Waals surface area contributed by atoms with Gasteiger partial charge in [0, 0.05) is 23.0 Å². The van der Waals surface area contributed by atoms with E-state index in [1.54, 1.807) is 31.3 Å². The van der Waals surface area contributed by atoms with Crippen molar-refractivity contribution in [3.63, 3.8) is 0 Å². The maximum absolute atomic E-state index is 14.5. The smallest absolute Gasteiger partial charge is 0.196 e. The number of rotatable bonds is 10. The Hall–Kier alpha value is -5.34. The van der Waals surface area contributed by atoms with Crippen LogP contribution in [0.5, 0.6) is 0 Å². The van der Waals surface area contributed by atoms with Gasteiger partial charge in [0.15, 0.2) is 29.6 Å². The second-order valence-electron chi connectivity index (χ2n) is 11.3. The zero-order chi connectivity index (χ0) is 39.0. The molecule has 0 fully saturated rings. The molecule has 0 bridgehead atoms.